The van der Waals surface area contributed by atoms with Crippen LogP contribution < -0.4 is 4.74 Å². The Balaban J connectivity index is 1.44. The van der Waals surface area contributed by atoms with E-state index in [0.717, 1.165) is 17.3 Å². The summed E-state index contributed by atoms with van der Waals surface area (Å²) < 4.78 is 32.9. The highest BCUT2D eigenvalue weighted by atomic mass is 32.2. The normalized spacial score (nSPS) is 16.6. The van der Waals surface area contributed by atoms with Gasteiger partial charge in [-0.25, -0.2) is 8.42 Å². The second kappa shape index (κ2) is 9.26. The van der Waals surface area contributed by atoms with Crippen LogP contribution in [0.3, 0.4) is 0 Å². The topological polar surface area (TPSA) is 79.8 Å². The highest BCUT2D eigenvalue weighted by Crippen LogP contribution is 2.27. The lowest BCUT2D eigenvalue weighted by molar-refractivity contribution is 0.0772. The van der Waals surface area contributed by atoms with E-state index in [1.807, 2.05) is 30.3 Å². The first-order valence-corrected chi connectivity index (χ1v) is 12.3. The molecular weight excluding hydrogens is 426 g/mol. The number of ether oxygens (including phenoxy) is 1. The molecule has 1 amide bonds. The lowest BCUT2D eigenvalue weighted by Gasteiger charge is -2.19. The molecule has 4 rings (SSSR count). The van der Waals surface area contributed by atoms with Crippen molar-refractivity contribution in [3.05, 3.63) is 66.4 Å². The van der Waals surface area contributed by atoms with Crippen molar-refractivity contribution < 1.29 is 17.9 Å². The van der Waals surface area contributed by atoms with E-state index in [1.165, 1.54) is 16.4 Å². The molecular formula is C24H27N3O4S. The first kappa shape index (κ1) is 22.2. The van der Waals surface area contributed by atoms with E-state index in [-0.39, 0.29) is 16.9 Å². The number of carbonyl (C=O) groups excluding carboxylic acids is 1. The molecule has 2 heterocycles. The number of nitrogens with zero attached hydrogens (tertiary/aromatic N) is 3. The zero-order valence-electron chi connectivity index (χ0n) is 18.3. The zero-order valence-corrected chi connectivity index (χ0v) is 19.1. The minimum absolute atomic E-state index is 0.117. The molecule has 0 spiro atoms. The van der Waals surface area contributed by atoms with Gasteiger partial charge in [-0.15, -0.1) is 0 Å². The summed E-state index contributed by atoms with van der Waals surface area (Å²) in [7, 11) is -3.54. The Morgan fingerprint density at radius 3 is 2.53 bits per heavy atom. The van der Waals surface area contributed by atoms with Crippen LogP contribution in [0.5, 0.6) is 5.75 Å². The Bertz CT molecular complexity index is 1200. The number of sulfonamides is 1. The molecule has 0 bridgehead atoms. The summed E-state index contributed by atoms with van der Waals surface area (Å²) in [5.74, 6) is 0.590. The molecule has 0 saturated carbocycles. The van der Waals surface area contributed by atoms with Crippen LogP contribution in [0.15, 0.2) is 65.7 Å². The van der Waals surface area contributed by atoms with Crippen molar-refractivity contribution in [2.75, 3.05) is 26.2 Å². The lowest BCUT2D eigenvalue weighted by Crippen LogP contribution is -2.31. The number of fused-ring (bicyclic) bond motifs is 1. The molecule has 1 aliphatic heterocycles. The maximum absolute atomic E-state index is 13.0. The van der Waals surface area contributed by atoms with Crippen molar-refractivity contribution >= 4 is 26.8 Å². The van der Waals surface area contributed by atoms with Crippen molar-refractivity contribution in [2.24, 2.45) is 0 Å². The SMILES string of the molecule is CCN(CC)S(=O)(=O)c1ccc(C(=O)N2CCC(Oc3cccc4cccnc34)C2)cc1. The van der Waals surface area contributed by atoms with Gasteiger partial charge < -0.3 is 9.64 Å². The third-order valence-corrected chi connectivity index (χ3v) is 7.83. The monoisotopic (exact) mass is 453 g/mol. The third kappa shape index (κ3) is 4.33. The third-order valence-electron chi connectivity index (χ3n) is 5.77. The Labute approximate surface area is 188 Å². The van der Waals surface area contributed by atoms with Crippen molar-refractivity contribution in [2.45, 2.75) is 31.3 Å². The number of pyridine rings is 1. The van der Waals surface area contributed by atoms with Crippen LogP contribution in [-0.2, 0) is 10.0 Å². The number of carbonyl (C=O) groups is 1. The Hall–Kier alpha value is -2.97. The van der Waals surface area contributed by atoms with Gasteiger partial charge in [-0.2, -0.15) is 4.31 Å². The van der Waals surface area contributed by atoms with Gasteiger partial charge in [-0.1, -0.05) is 32.0 Å². The van der Waals surface area contributed by atoms with Gasteiger partial charge in [0, 0.05) is 43.2 Å². The number of amides is 1. The Morgan fingerprint density at radius 2 is 1.81 bits per heavy atom. The number of aromatic nitrogens is 1. The fraction of sp³-hybridized carbons (Fsp3) is 0.333. The van der Waals surface area contributed by atoms with Crippen molar-refractivity contribution in [3.8, 4) is 5.75 Å². The lowest BCUT2D eigenvalue weighted by atomic mass is 10.2. The smallest absolute Gasteiger partial charge is 0.253 e. The molecule has 1 saturated heterocycles. The van der Waals surface area contributed by atoms with E-state index < -0.39 is 10.0 Å². The first-order chi connectivity index (χ1) is 15.4. The first-order valence-electron chi connectivity index (χ1n) is 10.8. The number of benzene rings is 2. The van der Waals surface area contributed by atoms with Crippen molar-refractivity contribution in [1.29, 1.82) is 0 Å². The molecule has 1 aromatic heterocycles. The molecule has 0 N–H and O–H groups in total. The van der Waals surface area contributed by atoms with Gasteiger partial charge in [-0.05, 0) is 36.4 Å². The maximum atomic E-state index is 13.0. The molecule has 1 unspecified atom stereocenters. The van der Waals surface area contributed by atoms with Crippen LogP contribution in [0.2, 0.25) is 0 Å². The van der Waals surface area contributed by atoms with E-state index >= 15 is 0 Å². The van der Waals surface area contributed by atoms with Crippen LogP contribution in [0, 0.1) is 0 Å². The van der Waals surface area contributed by atoms with Crippen LogP contribution >= 0.6 is 0 Å². The van der Waals surface area contributed by atoms with Crippen LogP contribution in [0.4, 0.5) is 0 Å². The maximum Gasteiger partial charge on any atom is 0.253 e. The van der Waals surface area contributed by atoms with Crippen LogP contribution in [0.25, 0.3) is 10.9 Å². The number of hydrogen-bond acceptors (Lipinski definition) is 5. The summed E-state index contributed by atoms with van der Waals surface area (Å²) in [6, 6.07) is 15.9. The largest absolute Gasteiger partial charge is 0.486 e. The van der Waals surface area contributed by atoms with Crippen LogP contribution in [-0.4, -0.2) is 60.8 Å². The Morgan fingerprint density at radius 1 is 1.09 bits per heavy atom. The zero-order chi connectivity index (χ0) is 22.7. The molecule has 7 nitrogen and oxygen atoms in total. The minimum atomic E-state index is -3.54. The number of likely N-dealkylation sites (tertiary alicyclic amines) is 1. The van der Waals surface area contributed by atoms with Gasteiger partial charge >= 0.3 is 0 Å². The standard InChI is InChI=1S/C24H27N3O4S/c1-3-27(4-2)32(29,30)21-12-10-19(11-13-21)24(28)26-16-14-20(17-26)31-22-9-5-7-18-8-6-15-25-23(18)22/h5-13,15,20H,3-4,14,16-17H2,1-2H3. The number of rotatable bonds is 7. The fourth-order valence-electron chi connectivity index (χ4n) is 4.02. The van der Waals surface area contributed by atoms with E-state index in [9.17, 15) is 13.2 Å². The second-order valence-corrected chi connectivity index (χ2v) is 9.66. The molecule has 3 aromatic rings. The fourth-order valence-corrected chi connectivity index (χ4v) is 5.48. The molecule has 0 aliphatic carbocycles. The van der Waals surface area contributed by atoms with Gasteiger partial charge in [-0.3, -0.25) is 9.78 Å². The molecule has 8 heteroatoms. The molecule has 32 heavy (non-hydrogen) atoms. The molecule has 1 atom stereocenters. The molecule has 1 fully saturated rings. The molecule has 168 valence electrons. The average Bonchev–Trinajstić information content (AvgIpc) is 3.28. The summed E-state index contributed by atoms with van der Waals surface area (Å²) in [6.45, 7) is 5.47. The minimum Gasteiger partial charge on any atom is -0.486 e. The van der Waals surface area contributed by atoms with E-state index in [1.54, 1.807) is 37.1 Å². The van der Waals surface area contributed by atoms with Crippen molar-refractivity contribution in [1.82, 2.24) is 14.2 Å². The van der Waals surface area contributed by atoms with E-state index in [0.29, 0.717) is 37.5 Å². The Kier molecular flexibility index (Phi) is 6.43. The molecule has 2 aromatic carbocycles. The second-order valence-electron chi connectivity index (χ2n) is 7.72. The van der Waals surface area contributed by atoms with E-state index in [2.05, 4.69) is 4.98 Å². The summed E-state index contributed by atoms with van der Waals surface area (Å²) in [6.07, 6.45) is 2.35. The summed E-state index contributed by atoms with van der Waals surface area (Å²) >= 11 is 0. The van der Waals surface area contributed by atoms with Gasteiger partial charge in [0.15, 0.2) is 0 Å². The van der Waals surface area contributed by atoms with Gasteiger partial charge in [0.1, 0.15) is 17.4 Å². The van der Waals surface area contributed by atoms with Gasteiger partial charge in [0.05, 0.1) is 11.4 Å². The number of para-hydroxylation sites is 1. The van der Waals surface area contributed by atoms with Gasteiger partial charge in [0.2, 0.25) is 10.0 Å². The van der Waals surface area contributed by atoms with Crippen LogP contribution in [0.1, 0.15) is 30.6 Å². The summed E-state index contributed by atoms with van der Waals surface area (Å²) in [5, 5.41) is 1.01. The number of hydrogen-bond donors (Lipinski definition) is 0. The highest BCUT2D eigenvalue weighted by Gasteiger charge is 2.29. The highest BCUT2D eigenvalue weighted by molar-refractivity contribution is 7.89. The quantitative estimate of drug-likeness (QED) is 0.547. The predicted octanol–water partition coefficient (Wildman–Crippen LogP) is 3.56. The summed E-state index contributed by atoms with van der Waals surface area (Å²) in [4.78, 5) is 19.3. The predicted molar refractivity (Wildman–Crippen MR) is 123 cm³/mol. The van der Waals surface area contributed by atoms with Crippen molar-refractivity contribution in [3.63, 3.8) is 0 Å². The molecule has 1 aliphatic rings. The van der Waals surface area contributed by atoms with E-state index in [4.69, 9.17) is 4.74 Å². The average molecular weight is 454 g/mol. The van der Waals surface area contributed by atoms with Gasteiger partial charge in [0.25, 0.3) is 5.91 Å². The molecule has 0 radical (unpaired) electrons. The summed E-state index contributed by atoms with van der Waals surface area (Å²) in [5.41, 5.74) is 1.28.